The Bertz CT molecular complexity index is 1110. The number of unbranched alkanes of at least 4 members (excludes halogenated alkanes) is 19. The van der Waals surface area contributed by atoms with Crippen molar-refractivity contribution in [2.24, 2.45) is 0 Å². The Morgan fingerprint density at radius 2 is 0.707 bits per heavy atom. The van der Waals surface area contributed by atoms with Gasteiger partial charge >= 0.3 is 17.9 Å². The molecule has 0 amide bonds. The van der Waals surface area contributed by atoms with Crippen LogP contribution >= 0.6 is 0 Å². The van der Waals surface area contributed by atoms with Gasteiger partial charge in [0.15, 0.2) is 6.10 Å². The Kier molecular flexibility index (Phi) is 44.0. The fourth-order valence-electron chi connectivity index (χ4n) is 6.35. The minimum absolute atomic E-state index is 0.0934. The van der Waals surface area contributed by atoms with Crippen LogP contribution in [-0.2, 0) is 28.6 Å². The molecule has 0 heterocycles. The molecule has 0 spiro atoms. The normalized spacial score (nSPS) is 12.7. The van der Waals surface area contributed by atoms with E-state index in [9.17, 15) is 14.4 Å². The molecule has 0 aliphatic carbocycles. The molecule has 0 radical (unpaired) electrons. The van der Waals surface area contributed by atoms with E-state index in [4.69, 9.17) is 14.2 Å². The number of rotatable bonds is 42. The molecule has 1 atom stereocenters. The zero-order chi connectivity index (χ0) is 42.3. The minimum Gasteiger partial charge on any atom is -0.462 e. The molecule has 0 saturated carbocycles. The summed E-state index contributed by atoms with van der Waals surface area (Å²) < 4.78 is 16.7. The summed E-state index contributed by atoms with van der Waals surface area (Å²) >= 11 is 0. The highest BCUT2D eigenvalue weighted by molar-refractivity contribution is 5.71. The van der Waals surface area contributed by atoms with Crippen LogP contribution in [0.2, 0.25) is 0 Å². The van der Waals surface area contributed by atoms with Crippen LogP contribution in [0, 0.1) is 0 Å². The van der Waals surface area contributed by atoms with Gasteiger partial charge < -0.3 is 14.2 Å². The summed E-state index contributed by atoms with van der Waals surface area (Å²) in [4.78, 5) is 37.8. The first-order chi connectivity index (χ1) is 28.5. The highest BCUT2D eigenvalue weighted by atomic mass is 16.6. The van der Waals surface area contributed by atoms with Gasteiger partial charge in [0.2, 0.25) is 0 Å². The van der Waals surface area contributed by atoms with Crippen molar-refractivity contribution in [2.45, 2.75) is 226 Å². The molecule has 0 aromatic rings. The third-order valence-electron chi connectivity index (χ3n) is 9.93. The first-order valence-electron chi connectivity index (χ1n) is 23.9. The van der Waals surface area contributed by atoms with Gasteiger partial charge in [0.05, 0.1) is 0 Å². The Morgan fingerprint density at radius 3 is 1.16 bits per heavy atom. The second-order valence-electron chi connectivity index (χ2n) is 15.6. The Balaban J connectivity index is 4.47. The molecule has 6 heteroatoms. The van der Waals surface area contributed by atoms with Crippen LogP contribution in [0.15, 0.2) is 72.9 Å². The third-order valence-corrected chi connectivity index (χ3v) is 9.93. The molecule has 0 fully saturated rings. The van der Waals surface area contributed by atoms with Crippen molar-refractivity contribution in [2.75, 3.05) is 13.2 Å². The lowest BCUT2D eigenvalue weighted by Crippen LogP contribution is -2.30. The lowest BCUT2D eigenvalue weighted by atomic mass is 10.0. The Hall–Kier alpha value is -3.15. The predicted molar refractivity (Wildman–Crippen MR) is 247 cm³/mol. The molecule has 58 heavy (non-hydrogen) atoms. The topological polar surface area (TPSA) is 78.9 Å². The summed E-state index contributed by atoms with van der Waals surface area (Å²) in [6, 6.07) is 0. The van der Waals surface area contributed by atoms with Gasteiger partial charge in [-0.3, -0.25) is 14.4 Å². The summed E-state index contributed by atoms with van der Waals surface area (Å²) in [6.07, 6.45) is 57.4. The van der Waals surface area contributed by atoms with Crippen molar-refractivity contribution < 1.29 is 28.6 Å². The van der Waals surface area contributed by atoms with Crippen molar-refractivity contribution in [1.29, 1.82) is 0 Å². The summed E-state index contributed by atoms with van der Waals surface area (Å²) in [5, 5.41) is 0. The van der Waals surface area contributed by atoms with E-state index in [1.807, 2.05) is 0 Å². The SMILES string of the molecule is CC/C=C\C/C=C\C/C=C\C/C=C\CCCCC(=O)OCC(COC(=O)CCCCCCCCCCCCCC)OC(=O)CCCCCCC/C=C\C/C=C\CCC. The van der Waals surface area contributed by atoms with Crippen LogP contribution in [0.1, 0.15) is 220 Å². The smallest absolute Gasteiger partial charge is 0.306 e. The Labute approximate surface area is 357 Å². The number of carbonyl (C=O) groups is 3. The molecular formula is C52H88O6. The molecular weight excluding hydrogens is 721 g/mol. The molecule has 0 N–H and O–H groups in total. The number of carbonyl (C=O) groups excluding carboxylic acids is 3. The van der Waals surface area contributed by atoms with Gasteiger partial charge in [-0.2, -0.15) is 0 Å². The van der Waals surface area contributed by atoms with E-state index < -0.39 is 6.10 Å². The van der Waals surface area contributed by atoms with Crippen molar-refractivity contribution in [1.82, 2.24) is 0 Å². The standard InChI is InChI=1S/C52H88O6/c1-4-7-10-13-16-19-22-25-26-28-30-33-36-39-42-45-51(54)57-48-49(47-56-50(53)44-41-38-35-32-29-24-21-18-15-12-9-6-3)58-52(55)46-43-40-37-34-31-27-23-20-17-14-11-8-5-2/h7,10-11,14,16,19-20,23,25-26,30,33,49H,4-6,8-9,12-13,15,17-18,21-22,24,27-29,31-32,34-48H2,1-3H3/b10-7-,14-11-,19-16-,23-20-,26-25-,33-30-. The predicted octanol–water partition coefficient (Wildman–Crippen LogP) is 15.5. The van der Waals surface area contributed by atoms with Gasteiger partial charge in [0.25, 0.3) is 0 Å². The zero-order valence-corrected chi connectivity index (χ0v) is 37.8. The van der Waals surface area contributed by atoms with E-state index in [2.05, 4.69) is 93.7 Å². The number of ether oxygens (including phenoxy) is 3. The molecule has 0 rings (SSSR count). The average molecular weight is 809 g/mol. The minimum atomic E-state index is -0.796. The van der Waals surface area contributed by atoms with Gasteiger partial charge in [-0.15, -0.1) is 0 Å². The second-order valence-corrected chi connectivity index (χ2v) is 15.6. The highest BCUT2D eigenvalue weighted by Gasteiger charge is 2.19. The highest BCUT2D eigenvalue weighted by Crippen LogP contribution is 2.14. The van der Waals surface area contributed by atoms with Crippen LogP contribution < -0.4 is 0 Å². The fourth-order valence-corrected chi connectivity index (χ4v) is 6.35. The maximum atomic E-state index is 12.7. The number of allylic oxidation sites excluding steroid dienone is 12. The molecule has 0 aromatic heterocycles. The fraction of sp³-hybridized carbons (Fsp3) is 0.712. The van der Waals surface area contributed by atoms with Gasteiger partial charge in [-0.05, 0) is 83.5 Å². The quantitative estimate of drug-likeness (QED) is 0.0264. The van der Waals surface area contributed by atoms with E-state index in [-0.39, 0.29) is 31.1 Å². The summed E-state index contributed by atoms with van der Waals surface area (Å²) in [5.41, 5.74) is 0. The van der Waals surface area contributed by atoms with Crippen molar-refractivity contribution in [3.8, 4) is 0 Å². The average Bonchev–Trinajstić information content (AvgIpc) is 3.22. The zero-order valence-electron chi connectivity index (χ0n) is 37.8. The van der Waals surface area contributed by atoms with Crippen LogP contribution in [0.3, 0.4) is 0 Å². The van der Waals surface area contributed by atoms with Crippen molar-refractivity contribution >= 4 is 17.9 Å². The number of hydrogen-bond acceptors (Lipinski definition) is 6. The largest absolute Gasteiger partial charge is 0.462 e. The molecule has 6 nitrogen and oxygen atoms in total. The van der Waals surface area contributed by atoms with Crippen LogP contribution in [0.25, 0.3) is 0 Å². The molecule has 0 saturated heterocycles. The van der Waals surface area contributed by atoms with E-state index >= 15 is 0 Å². The molecule has 0 aromatic carbocycles. The van der Waals surface area contributed by atoms with Crippen molar-refractivity contribution in [3.05, 3.63) is 72.9 Å². The summed E-state index contributed by atoms with van der Waals surface area (Å²) in [7, 11) is 0. The Morgan fingerprint density at radius 1 is 0.362 bits per heavy atom. The maximum absolute atomic E-state index is 12.7. The molecule has 0 aliphatic heterocycles. The van der Waals surface area contributed by atoms with Gasteiger partial charge in [-0.25, -0.2) is 0 Å². The lowest BCUT2D eigenvalue weighted by molar-refractivity contribution is -0.167. The second kappa shape index (κ2) is 46.5. The number of hydrogen-bond donors (Lipinski definition) is 0. The summed E-state index contributed by atoms with van der Waals surface area (Å²) in [6.45, 7) is 6.40. The maximum Gasteiger partial charge on any atom is 0.306 e. The van der Waals surface area contributed by atoms with E-state index in [0.717, 1.165) is 116 Å². The monoisotopic (exact) mass is 809 g/mol. The van der Waals surface area contributed by atoms with Crippen molar-refractivity contribution in [3.63, 3.8) is 0 Å². The van der Waals surface area contributed by atoms with Crippen LogP contribution in [-0.4, -0.2) is 37.2 Å². The molecule has 0 bridgehead atoms. The lowest BCUT2D eigenvalue weighted by Gasteiger charge is -2.18. The van der Waals surface area contributed by atoms with Gasteiger partial charge in [0.1, 0.15) is 13.2 Å². The molecule has 332 valence electrons. The first-order valence-corrected chi connectivity index (χ1v) is 23.9. The summed E-state index contributed by atoms with van der Waals surface area (Å²) in [5.74, 6) is -0.954. The van der Waals surface area contributed by atoms with Gasteiger partial charge in [-0.1, -0.05) is 190 Å². The first kappa shape index (κ1) is 54.9. The third kappa shape index (κ3) is 44.0. The van der Waals surface area contributed by atoms with Crippen LogP contribution in [0.4, 0.5) is 0 Å². The van der Waals surface area contributed by atoms with E-state index in [1.165, 1.54) is 64.2 Å². The molecule has 1 unspecified atom stereocenters. The van der Waals surface area contributed by atoms with Gasteiger partial charge in [0, 0.05) is 19.3 Å². The number of esters is 3. The molecule has 0 aliphatic rings. The van der Waals surface area contributed by atoms with E-state index in [1.54, 1.807) is 0 Å². The van der Waals surface area contributed by atoms with Crippen LogP contribution in [0.5, 0.6) is 0 Å². The van der Waals surface area contributed by atoms with E-state index in [0.29, 0.717) is 19.3 Å².